The predicted octanol–water partition coefficient (Wildman–Crippen LogP) is 1.08. The summed E-state index contributed by atoms with van der Waals surface area (Å²) in [4.78, 5) is 11.9. The van der Waals surface area contributed by atoms with Crippen LogP contribution < -0.4 is 11.1 Å². The van der Waals surface area contributed by atoms with Crippen LogP contribution in [0.3, 0.4) is 0 Å². The summed E-state index contributed by atoms with van der Waals surface area (Å²) >= 11 is 0. The van der Waals surface area contributed by atoms with E-state index in [1.54, 1.807) is 0 Å². The van der Waals surface area contributed by atoms with Gasteiger partial charge in [0.05, 0.1) is 11.5 Å². The third-order valence-electron chi connectivity index (χ3n) is 4.05. The first kappa shape index (κ1) is 17.4. The molecule has 1 aliphatic rings. The average molecular weight is 304 g/mol. The van der Waals surface area contributed by atoms with Gasteiger partial charge in [0.1, 0.15) is 0 Å². The predicted molar refractivity (Wildman–Crippen MR) is 81.1 cm³/mol. The van der Waals surface area contributed by atoms with E-state index in [1.807, 2.05) is 0 Å². The lowest BCUT2D eigenvalue weighted by Crippen LogP contribution is -2.43. The summed E-state index contributed by atoms with van der Waals surface area (Å²) in [6.07, 6.45) is 3.62. The summed E-state index contributed by atoms with van der Waals surface area (Å²) in [5, 5.41) is 2.86. The van der Waals surface area contributed by atoms with Crippen molar-refractivity contribution in [1.82, 2.24) is 5.32 Å². The Balaban J connectivity index is 2.36. The Labute approximate surface area is 122 Å². The van der Waals surface area contributed by atoms with Gasteiger partial charge in [0, 0.05) is 12.5 Å². The van der Waals surface area contributed by atoms with Crippen LogP contribution in [0.15, 0.2) is 0 Å². The van der Waals surface area contributed by atoms with Gasteiger partial charge in [-0.2, -0.15) is 0 Å². The van der Waals surface area contributed by atoms with E-state index in [2.05, 4.69) is 19.2 Å². The zero-order valence-electron chi connectivity index (χ0n) is 12.6. The largest absolute Gasteiger partial charge is 0.352 e. The molecule has 20 heavy (non-hydrogen) atoms. The summed E-state index contributed by atoms with van der Waals surface area (Å²) in [6.45, 7) is 4.93. The molecule has 2 atom stereocenters. The lowest BCUT2D eigenvalue weighted by molar-refractivity contribution is -0.122. The van der Waals surface area contributed by atoms with Gasteiger partial charge in [-0.15, -0.1) is 0 Å². The van der Waals surface area contributed by atoms with Gasteiger partial charge < -0.3 is 11.1 Å². The molecule has 0 aromatic heterocycles. The van der Waals surface area contributed by atoms with Gasteiger partial charge in [-0.1, -0.05) is 13.8 Å². The van der Waals surface area contributed by atoms with Crippen molar-refractivity contribution < 1.29 is 13.2 Å². The van der Waals surface area contributed by atoms with Gasteiger partial charge >= 0.3 is 0 Å². The smallest absolute Gasteiger partial charge is 0.220 e. The lowest BCUT2D eigenvalue weighted by atomic mass is 9.88. The minimum absolute atomic E-state index is 0.0326. The Kier molecular flexibility index (Phi) is 6.95. The minimum Gasteiger partial charge on any atom is -0.352 e. The van der Waals surface area contributed by atoms with Crippen LogP contribution in [0, 0.1) is 11.8 Å². The molecule has 0 saturated carbocycles. The number of nitrogens with one attached hydrogen (secondary N) is 1. The molecule has 118 valence electrons. The maximum atomic E-state index is 11.9. The topological polar surface area (TPSA) is 89.3 Å². The van der Waals surface area contributed by atoms with Crippen molar-refractivity contribution in [3.8, 4) is 0 Å². The Morgan fingerprint density at radius 1 is 1.35 bits per heavy atom. The van der Waals surface area contributed by atoms with Crippen LogP contribution in [0.4, 0.5) is 0 Å². The lowest BCUT2D eigenvalue weighted by Gasteiger charge is -2.24. The molecule has 1 fully saturated rings. The maximum absolute atomic E-state index is 11.9. The van der Waals surface area contributed by atoms with E-state index < -0.39 is 9.84 Å². The number of nitrogens with two attached hydrogens (primary N) is 1. The van der Waals surface area contributed by atoms with Crippen molar-refractivity contribution in [3.05, 3.63) is 0 Å². The third kappa shape index (κ3) is 6.22. The molecular weight excluding hydrogens is 276 g/mol. The van der Waals surface area contributed by atoms with Gasteiger partial charge in [-0.25, -0.2) is 8.42 Å². The molecule has 0 radical (unpaired) electrons. The van der Waals surface area contributed by atoms with Crippen LogP contribution in [-0.2, 0) is 14.6 Å². The van der Waals surface area contributed by atoms with Crippen molar-refractivity contribution in [2.75, 3.05) is 18.1 Å². The normalized spacial score (nSPS) is 23.5. The summed E-state index contributed by atoms with van der Waals surface area (Å²) in [5.41, 5.74) is 5.59. The van der Waals surface area contributed by atoms with Crippen molar-refractivity contribution in [2.45, 2.75) is 52.0 Å². The molecule has 0 spiro atoms. The zero-order valence-corrected chi connectivity index (χ0v) is 13.4. The van der Waals surface area contributed by atoms with Crippen LogP contribution in [-0.4, -0.2) is 38.4 Å². The van der Waals surface area contributed by atoms with Gasteiger partial charge in [0.25, 0.3) is 0 Å². The highest BCUT2D eigenvalue weighted by atomic mass is 32.2. The molecule has 0 aromatic carbocycles. The van der Waals surface area contributed by atoms with E-state index in [9.17, 15) is 13.2 Å². The van der Waals surface area contributed by atoms with E-state index in [-0.39, 0.29) is 23.5 Å². The maximum Gasteiger partial charge on any atom is 0.220 e. The zero-order chi connectivity index (χ0) is 15.2. The molecule has 5 nitrogen and oxygen atoms in total. The van der Waals surface area contributed by atoms with E-state index >= 15 is 0 Å². The van der Waals surface area contributed by atoms with Crippen LogP contribution in [0.5, 0.6) is 0 Å². The first-order chi connectivity index (χ1) is 9.34. The molecule has 1 heterocycles. The van der Waals surface area contributed by atoms with E-state index in [4.69, 9.17) is 5.73 Å². The summed E-state index contributed by atoms with van der Waals surface area (Å²) in [7, 11) is -2.96. The third-order valence-corrected chi connectivity index (χ3v) is 5.87. The fourth-order valence-corrected chi connectivity index (χ4v) is 4.41. The minimum atomic E-state index is -2.96. The first-order valence-corrected chi connectivity index (χ1v) is 9.36. The van der Waals surface area contributed by atoms with Gasteiger partial charge in [-0.3, -0.25) is 4.79 Å². The molecule has 1 saturated heterocycles. The number of rotatable bonds is 7. The number of carbonyl (C=O) groups excluding carboxylic acids is 1. The summed E-state index contributed by atoms with van der Waals surface area (Å²) in [6, 6.07) is -0.201. The fraction of sp³-hybridized carbons (Fsp3) is 0.929. The Morgan fingerprint density at radius 3 is 2.60 bits per heavy atom. The molecule has 1 aliphatic heterocycles. The van der Waals surface area contributed by atoms with Gasteiger partial charge in [0.15, 0.2) is 9.84 Å². The van der Waals surface area contributed by atoms with Crippen LogP contribution >= 0.6 is 0 Å². The molecule has 3 N–H and O–H groups in total. The Morgan fingerprint density at radius 2 is 2.05 bits per heavy atom. The highest BCUT2D eigenvalue weighted by molar-refractivity contribution is 7.91. The second kappa shape index (κ2) is 7.98. The van der Waals surface area contributed by atoms with E-state index in [1.165, 1.54) is 0 Å². The molecule has 6 heteroatoms. The summed E-state index contributed by atoms with van der Waals surface area (Å²) < 4.78 is 23.0. The molecule has 0 aromatic rings. The number of amides is 1. The first-order valence-electron chi connectivity index (χ1n) is 7.54. The van der Waals surface area contributed by atoms with E-state index in [0.29, 0.717) is 31.2 Å². The highest BCUT2D eigenvalue weighted by Gasteiger charge is 2.26. The summed E-state index contributed by atoms with van der Waals surface area (Å²) in [5.74, 6) is 1.29. The molecule has 2 unspecified atom stereocenters. The monoisotopic (exact) mass is 304 g/mol. The number of hydrogen-bond acceptors (Lipinski definition) is 4. The van der Waals surface area contributed by atoms with E-state index in [0.717, 1.165) is 19.3 Å². The van der Waals surface area contributed by atoms with Crippen molar-refractivity contribution in [3.63, 3.8) is 0 Å². The second-order valence-corrected chi connectivity index (χ2v) is 8.37. The molecule has 1 amide bonds. The number of sulfone groups is 1. The van der Waals surface area contributed by atoms with Crippen molar-refractivity contribution >= 4 is 15.7 Å². The second-order valence-electron chi connectivity index (χ2n) is 6.14. The molecule has 0 aliphatic carbocycles. The molecule has 1 rings (SSSR count). The van der Waals surface area contributed by atoms with Crippen LogP contribution in [0.1, 0.15) is 46.0 Å². The molecular formula is C14H28N2O3S. The Hall–Kier alpha value is -0.620. The van der Waals surface area contributed by atoms with Gasteiger partial charge in [0.2, 0.25) is 5.91 Å². The standard InChI is InChI=1S/C14H28N2O3S/c1-11(2)12(7-8-15)5-6-14(17)16-13-4-3-9-20(18,19)10-13/h11-13H,3-10,15H2,1-2H3,(H,16,17). The Bertz CT molecular complexity index is 407. The van der Waals surface area contributed by atoms with Crippen LogP contribution in [0.2, 0.25) is 0 Å². The van der Waals surface area contributed by atoms with Gasteiger partial charge in [-0.05, 0) is 44.1 Å². The average Bonchev–Trinajstić information content (AvgIpc) is 2.32. The van der Waals surface area contributed by atoms with Crippen molar-refractivity contribution in [1.29, 1.82) is 0 Å². The quantitative estimate of drug-likeness (QED) is 0.736. The van der Waals surface area contributed by atoms with Crippen molar-refractivity contribution in [2.24, 2.45) is 17.6 Å². The SMILES string of the molecule is CC(C)C(CCN)CCC(=O)NC1CCCS(=O)(=O)C1. The fourth-order valence-electron chi connectivity index (χ4n) is 2.78. The number of carbonyl (C=O) groups is 1. The highest BCUT2D eigenvalue weighted by Crippen LogP contribution is 2.20. The van der Waals surface area contributed by atoms with Crippen LogP contribution in [0.25, 0.3) is 0 Å². The molecule has 0 bridgehead atoms. The number of hydrogen-bond donors (Lipinski definition) is 2.